The number of hydrogen-bond acceptors (Lipinski definition) is 5. The summed E-state index contributed by atoms with van der Waals surface area (Å²) in [6.45, 7) is 5.59. The van der Waals surface area contributed by atoms with Crippen LogP contribution in [0.3, 0.4) is 0 Å². The molecule has 1 aromatic carbocycles. The zero-order valence-corrected chi connectivity index (χ0v) is 12.0. The van der Waals surface area contributed by atoms with E-state index < -0.39 is 5.97 Å². The molecule has 1 aliphatic heterocycles. The molecule has 20 heavy (non-hydrogen) atoms. The molecule has 0 aromatic heterocycles. The Labute approximate surface area is 119 Å². The molecule has 1 aromatic rings. The van der Waals surface area contributed by atoms with Crippen LogP contribution in [-0.2, 0) is 4.74 Å². The molecule has 1 heterocycles. The summed E-state index contributed by atoms with van der Waals surface area (Å²) in [6, 6.07) is 5.40. The number of ether oxygens (including phenoxy) is 1. The fourth-order valence-electron chi connectivity index (χ4n) is 2.57. The first-order valence-corrected chi connectivity index (χ1v) is 7.03. The third kappa shape index (κ3) is 2.88. The van der Waals surface area contributed by atoms with E-state index in [4.69, 9.17) is 10.5 Å². The normalized spacial score (nSPS) is 22.6. The summed E-state index contributed by atoms with van der Waals surface area (Å²) in [7, 11) is 0. The molecule has 0 radical (unpaired) electrons. The molecule has 1 fully saturated rings. The SMILES string of the molecule is CCOC(=O)c1cccc(N2CCC(O)C(C)C2)c1N. The van der Waals surface area contributed by atoms with Crippen molar-refractivity contribution in [2.75, 3.05) is 30.3 Å². The van der Waals surface area contributed by atoms with Crippen molar-refractivity contribution in [3.8, 4) is 0 Å². The minimum absolute atomic E-state index is 0.189. The molecule has 2 unspecified atom stereocenters. The number of esters is 1. The van der Waals surface area contributed by atoms with Gasteiger partial charge in [-0.3, -0.25) is 0 Å². The summed E-state index contributed by atoms with van der Waals surface area (Å²) in [5.74, 6) is -0.202. The van der Waals surface area contributed by atoms with Gasteiger partial charge in [0.2, 0.25) is 0 Å². The third-order valence-electron chi connectivity index (χ3n) is 3.78. The molecule has 0 saturated carbocycles. The van der Waals surface area contributed by atoms with Crippen LogP contribution in [-0.4, -0.2) is 36.9 Å². The molecular formula is C15H22N2O3. The molecule has 0 bridgehead atoms. The molecule has 3 N–H and O–H groups in total. The van der Waals surface area contributed by atoms with Crippen molar-refractivity contribution in [3.63, 3.8) is 0 Å². The van der Waals surface area contributed by atoms with Crippen LogP contribution >= 0.6 is 0 Å². The lowest BCUT2D eigenvalue weighted by Gasteiger charge is -2.36. The van der Waals surface area contributed by atoms with Gasteiger partial charge in [0.1, 0.15) is 0 Å². The molecule has 0 amide bonds. The number of piperidine rings is 1. The first-order valence-electron chi connectivity index (χ1n) is 7.03. The average Bonchev–Trinajstić information content (AvgIpc) is 2.42. The maximum atomic E-state index is 11.9. The van der Waals surface area contributed by atoms with Crippen LogP contribution in [0, 0.1) is 5.92 Å². The number of nitrogens with two attached hydrogens (primary N) is 1. The maximum Gasteiger partial charge on any atom is 0.340 e. The summed E-state index contributed by atoms with van der Waals surface area (Å²) in [6.07, 6.45) is 0.449. The Bertz CT molecular complexity index is 490. The summed E-state index contributed by atoms with van der Waals surface area (Å²) in [5.41, 5.74) is 7.82. The second-order valence-electron chi connectivity index (χ2n) is 5.24. The standard InChI is InChI=1S/C15H22N2O3/c1-3-20-15(19)11-5-4-6-12(14(11)16)17-8-7-13(18)10(2)9-17/h4-6,10,13,18H,3,7-9,16H2,1-2H3. The van der Waals surface area contributed by atoms with Crippen molar-refractivity contribution in [2.24, 2.45) is 5.92 Å². The number of hydrogen-bond donors (Lipinski definition) is 2. The van der Waals surface area contributed by atoms with Gasteiger partial charge >= 0.3 is 5.97 Å². The van der Waals surface area contributed by atoms with E-state index in [9.17, 15) is 9.90 Å². The Balaban J connectivity index is 2.25. The Kier molecular flexibility index (Phi) is 4.49. The number of aliphatic hydroxyl groups is 1. The number of aliphatic hydroxyl groups excluding tert-OH is 1. The average molecular weight is 278 g/mol. The molecule has 5 nitrogen and oxygen atoms in total. The Morgan fingerprint density at radius 2 is 2.30 bits per heavy atom. The largest absolute Gasteiger partial charge is 0.462 e. The minimum Gasteiger partial charge on any atom is -0.462 e. The Morgan fingerprint density at radius 3 is 2.95 bits per heavy atom. The number of anilines is 2. The molecule has 2 atom stereocenters. The number of carbonyl (C=O) groups is 1. The van der Waals surface area contributed by atoms with Gasteiger partial charge in [0, 0.05) is 13.1 Å². The third-order valence-corrected chi connectivity index (χ3v) is 3.78. The zero-order chi connectivity index (χ0) is 14.7. The quantitative estimate of drug-likeness (QED) is 0.649. The van der Waals surface area contributed by atoms with Crippen molar-refractivity contribution < 1.29 is 14.6 Å². The molecule has 2 rings (SSSR count). The number of para-hydroxylation sites is 1. The first-order chi connectivity index (χ1) is 9.54. The van der Waals surface area contributed by atoms with Gasteiger partial charge < -0.3 is 20.5 Å². The highest BCUT2D eigenvalue weighted by atomic mass is 16.5. The molecule has 110 valence electrons. The summed E-state index contributed by atoms with van der Waals surface area (Å²) in [5, 5.41) is 9.79. The number of nitrogen functional groups attached to an aromatic ring is 1. The summed E-state index contributed by atoms with van der Waals surface area (Å²) < 4.78 is 5.01. The smallest absolute Gasteiger partial charge is 0.340 e. The van der Waals surface area contributed by atoms with Crippen LogP contribution in [0.25, 0.3) is 0 Å². The van der Waals surface area contributed by atoms with Gasteiger partial charge in [-0.15, -0.1) is 0 Å². The van der Waals surface area contributed by atoms with Gasteiger partial charge in [-0.05, 0) is 31.4 Å². The molecule has 1 saturated heterocycles. The number of benzene rings is 1. The van der Waals surface area contributed by atoms with Gasteiger partial charge in [-0.2, -0.15) is 0 Å². The van der Waals surface area contributed by atoms with Crippen LogP contribution in [0.4, 0.5) is 11.4 Å². The lowest BCUT2D eigenvalue weighted by Crippen LogP contribution is -2.42. The van der Waals surface area contributed by atoms with Crippen molar-refractivity contribution >= 4 is 17.3 Å². The second kappa shape index (κ2) is 6.13. The predicted octanol–water partition coefficient (Wildman–Crippen LogP) is 1.65. The number of carbonyl (C=O) groups excluding carboxylic acids is 1. The summed E-state index contributed by atoms with van der Waals surface area (Å²) in [4.78, 5) is 14.0. The van der Waals surface area contributed by atoms with E-state index in [-0.39, 0.29) is 12.0 Å². The predicted molar refractivity (Wildman–Crippen MR) is 78.8 cm³/mol. The van der Waals surface area contributed by atoms with Gasteiger partial charge in [0.15, 0.2) is 0 Å². The molecule has 0 aliphatic carbocycles. The van der Waals surface area contributed by atoms with Crippen LogP contribution < -0.4 is 10.6 Å². The second-order valence-corrected chi connectivity index (χ2v) is 5.24. The van der Waals surface area contributed by atoms with Crippen molar-refractivity contribution in [1.29, 1.82) is 0 Å². The highest BCUT2D eigenvalue weighted by molar-refractivity contribution is 5.98. The fraction of sp³-hybridized carbons (Fsp3) is 0.533. The minimum atomic E-state index is -0.392. The van der Waals surface area contributed by atoms with Gasteiger partial charge in [-0.25, -0.2) is 4.79 Å². The van der Waals surface area contributed by atoms with E-state index >= 15 is 0 Å². The van der Waals surface area contributed by atoms with Crippen LogP contribution in [0.15, 0.2) is 18.2 Å². The first kappa shape index (κ1) is 14.7. The highest BCUT2D eigenvalue weighted by Gasteiger charge is 2.26. The van der Waals surface area contributed by atoms with E-state index in [1.54, 1.807) is 13.0 Å². The topological polar surface area (TPSA) is 75.8 Å². The fourth-order valence-corrected chi connectivity index (χ4v) is 2.57. The molecular weight excluding hydrogens is 256 g/mol. The van der Waals surface area contributed by atoms with Crippen LogP contribution in [0.5, 0.6) is 0 Å². The van der Waals surface area contributed by atoms with Crippen LogP contribution in [0.1, 0.15) is 30.6 Å². The van der Waals surface area contributed by atoms with E-state index in [1.807, 2.05) is 19.1 Å². The highest BCUT2D eigenvalue weighted by Crippen LogP contribution is 2.30. The van der Waals surface area contributed by atoms with E-state index in [2.05, 4.69) is 4.90 Å². The monoisotopic (exact) mass is 278 g/mol. The lowest BCUT2D eigenvalue weighted by molar-refractivity contribution is 0.0527. The molecule has 5 heteroatoms. The van der Waals surface area contributed by atoms with Crippen molar-refractivity contribution in [1.82, 2.24) is 0 Å². The van der Waals surface area contributed by atoms with E-state index in [0.29, 0.717) is 24.3 Å². The number of nitrogens with zero attached hydrogens (tertiary/aromatic N) is 1. The van der Waals surface area contributed by atoms with Gasteiger partial charge in [0.25, 0.3) is 0 Å². The zero-order valence-electron chi connectivity index (χ0n) is 12.0. The van der Waals surface area contributed by atoms with Crippen LogP contribution in [0.2, 0.25) is 0 Å². The number of rotatable bonds is 3. The lowest BCUT2D eigenvalue weighted by atomic mass is 9.96. The Hall–Kier alpha value is -1.75. The molecule has 0 spiro atoms. The Morgan fingerprint density at radius 1 is 1.55 bits per heavy atom. The maximum absolute atomic E-state index is 11.9. The van der Waals surface area contributed by atoms with Gasteiger partial charge in [-0.1, -0.05) is 13.0 Å². The van der Waals surface area contributed by atoms with Crippen molar-refractivity contribution in [2.45, 2.75) is 26.4 Å². The van der Waals surface area contributed by atoms with E-state index in [0.717, 1.165) is 18.8 Å². The van der Waals surface area contributed by atoms with Gasteiger partial charge in [0.05, 0.1) is 29.6 Å². The summed E-state index contributed by atoms with van der Waals surface area (Å²) >= 11 is 0. The van der Waals surface area contributed by atoms with E-state index in [1.165, 1.54) is 0 Å². The molecule has 1 aliphatic rings. The van der Waals surface area contributed by atoms with Crippen molar-refractivity contribution in [3.05, 3.63) is 23.8 Å².